The lowest BCUT2D eigenvalue weighted by Gasteiger charge is -2.61. The first kappa shape index (κ1) is 108. The highest BCUT2D eigenvalue weighted by atomic mass is 32.3. The van der Waals surface area contributed by atoms with E-state index in [0.717, 1.165) is 19.3 Å². The molecule has 4 aliphatic heterocycles. The van der Waals surface area contributed by atoms with Gasteiger partial charge in [0.15, 0.2) is 49.6 Å². The van der Waals surface area contributed by atoms with Gasteiger partial charge >= 0.3 is 0 Å². The number of fused-ring (bicyclic) bond motifs is 5. The zero-order valence-electron chi connectivity index (χ0n) is 63.2. The van der Waals surface area contributed by atoms with Gasteiger partial charge in [0.05, 0.1) is 39.1 Å². The Balaban J connectivity index is 1.24. The number of carbonyl (C=O) groups excluding carboxylic acids is 1. The van der Waals surface area contributed by atoms with E-state index < -0.39 is 296 Å². The van der Waals surface area contributed by atoms with Crippen molar-refractivity contribution in [3.63, 3.8) is 0 Å². The molecule has 75 heteroatoms. The minimum absolute atomic E-state index is 0.00452. The minimum Gasteiger partial charge on any atom is -0.726 e. The second kappa shape index (κ2) is 40.5. The predicted molar refractivity (Wildman–Crippen MR) is 363 cm³/mol. The van der Waals surface area contributed by atoms with Crippen molar-refractivity contribution < 1.29 is 266 Å². The molecule has 0 radical (unpaired) electrons. The average Bonchev–Trinajstić information content (AvgIpc) is 1.46. The van der Waals surface area contributed by atoms with Gasteiger partial charge in [-0.05, 0) is 111 Å². The number of nitrogens with one attached hydrogen (secondary N) is 1. The molecule has 0 aromatic heterocycles. The summed E-state index contributed by atoms with van der Waals surface area (Å²) in [6.07, 6.45) is -65.7. The summed E-state index contributed by atoms with van der Waals surface area (Å²) >= 11 is 0. The highest BCUT2D eigenvalue weighted by Crippen LogP contribution is 2.69. The number of terminal acetylenes is 1. The van der Waals surface area contributed by atoms with Gasteiger partial charge in [-0.25, -0.2) is 109 Å². The maximum Gasteiger partial charge on any atom is 0.220 e. The van der Waals surface area contributed by atoms with Crippen LogP contribution in [-0.4, -0.2) is 336 Å². The van der Waals surface area contributed by atoms with Gasteiger partial charge in [-0.3, -0.25) is 59.2 Å². The maximum atomic E-state index is 13.0. The Morgan fingerprint density at radius 1 is 0.365 bits per heavy atom. The molecule has 0 spiro atoms. The molecule has 4 heterocycles. The molecule has 29 atom stereocenters. The number of carbonyl (C=O) groups is 1. The standard InChI is InChI=1S/C51H83NO61S13/c1-5-16-52-33(53)11-6-22(2)26-9-10-27-25-8-7-23-17-24(12-14-50(23,3)28(25)13-15-51(26,27)4)97-46-42(110-123(81,82)83)38(106-119(69,70)71)34(29(98-46)18-93-114(54,55)56)102-47-43(111-124(84,85)86)39(107-120(72,73)74)35(30(99-47)19-94-115(57,58)59)103-48-44(112-125(87,88)89)40(108-121(75,76)77)36(31(100-48)20-95-116(60,61)62)104-49-45(113-126(90,91)92)41(109-122(78,79)80)37(105-118(66,67)68)32(101-49)21-96-117(63,64)65/h1,22-32,34-49H,6-21H2,2-4H3,(H,52,53)(H,54,55,56)(H,57,58,59)(H,60,61,62)(H,63,64,65)(H,66,67,68)(H,69,70,71)(H,72,73,74)(H,75,76,77)(H,78,79,80)(H,81,82,83)(H,84,85,86)(H,87,88,89)(H,90,91,92)/p-13/t22-,23-,24-,25+,26-,27+,28+,29-,30-,31-,32-,34-,35-,36-,37-,38+,39+,40+,41+,42-,43-,44-,45-,46-,47-,48-,49-,50+,51-/m1/s1. The van der Waals surface area contributed by atoms with E-state index in [9.17, 15) is 173 Å². The van der Waals surface area contributed by atoms with Crippen LogP contribution in [0.15, 0.2) is 0 Å². The molecular weight excluding hydrogens is 2020 g/mol. The van der Waals surface area contributed by atoms with Crippen LogP contribution in [0, 0.1) is 58.7 Å². The SMILES string of the molecule is C#CCNC(=O)CC[C@@H](C)[C@H]1CC[C@H]2[C@@H]3CC[C@@H]4C[C@H](O[C@@H]5O[C@H](COS(=O)(=O)[O-])[C@@H](O[C@H]6O[C@H](COS(=O)(=O)[O-])[C@@H](O[C@H]7O[C@H](COS(=O)(=O)[O-])[C@@H](O[C@H]8O[C@H](COS(=O)(=O)[O-])[C@@H](OS(=O)(=O)[O-])[C@H](OS(=O)(=O)[O-])[C@H]8OS(=O)(=O)[O-])[C@H](OS(=O)(=O)[O-])[C@H]7OS(=O)(=O)[O-])[C@H](OS(=O)(=O)[O-])[C@H]6OS(=O)(=O)[O-])[C@H](OS(=O)(=O)[O-])[C@H]5OS(=O)(=O)[O-])CC[C@]4(C)[C@H]3CC[C@]12C. The summed E-state index contributed by atoms with van der Waals surface area (Å²) in [4.78, 5) is 12.5. The molecule has 0 aromatic carbocycles. The third-order valence-electron chi connectivity index (χ3n) is 21.7. The average molecular weight is 2090 g/mol. The first-order chi connectivity index (χ1) is 57.0. The lowest BCUT2D eigenvalue weighted by Crippen LogP contribution is -2.69. The monoisotopic (exact) mass is 2090 g/mol. The van der Waals surface area contributed by atoms with E-state index in [4.69, 9.17) is 44.3 Å². The Hall–Kier alpha value is -2.98. The largest absolute Gasteiger partial charge is 0.726 e. The molecule has 8 aliphatic rings. The van der Waals surface area contributed by atoms with Crippen LogP contribution in [0.2, 0.25) is 0 Å². The summed E-state index contributed by atoms with van der Waals surface area (Å²) in [6.45, 7) is -3.26. The van der Waals surface area contributed by atoms with Crippen LogP contribution in [-0.2, 0) is 232 Å². The van der Waals surface area contributed by atoms with Crippen molar-refractivity contribution in [2.45, 2.75) is 220 Å². The lowest BCUT2D eigenvalue weighted by molar-refractivity contribution is -0.380. The molecule has 126 heavy (non-hydrogen) atoms. The third-order valence-corrected chi connectivity index (χ3v) is 27.5. The van der Waals surface area contributed by atoms with Crippen LogP contribution in [0.1, 0.15) is 91.4 Å². The summed E-state index contributed by atoms with van der Waals surface area (Å²) in [6, 6.07) is 0. The molecule has 736 valence electrons. The van der Waals surface area contributed by atoms with E-state index >= 15 is 0 Å². The normalized spacial score (nSPS) is 36.5. The molecule has 4 aliphatic carbocycles. The van der Waals surface area contributed by atoms with Crippen molar-refractivity contribution in [2.24, 2.45) is 46.3 Å². The molecule has 4 saturated carbocycles. The Bertz CT molecular complexity index is 5510. The molecule has 0 aromatic rings. The quantitative estimate of drug-likeness (QED) is 0.0256. The molecule has 4 saturated heterocycles. The highest BCUT2D eigenvalue weighted by molar-refractivity contribution is 7.83. The summed E-state index contributed by atoms with van der Waals surface area (Å²) in [5.41, 5.74) is -0.741. The van der Waals surface area contributed by atoms with Crippen LogP contribution in [0.3, 0.4) is 0 Å². The van der Waals surface area contributed by atoms with E-state index in [1.54, 1.807) is 0 Å². The van der Waals surface area contributed by atoms with Crippen molar-refractivity contribution in [1.82, 2.24) is 5.32 Å². The van der Waals surface area contributed by atoms with Gasteiger partial charge in [0, 0.05) is 6.42 Å². The molecule has 0 bridgehead atoms. The van der Waals surface area contributed by atoms with E-state index in [-0.39, 0.29) is 79.1 Å². The van der Waals surface area contributed by atoms with E-state index in [1.807, 2.05) is 6.92 Å². The molecule has 8 fully saturated rings. The molecule has 1 N–H and O–H groups in total. The van der Waals surface area contributed by atoms with Gasteiger partial charge in [-0.2, -0.15) is 0 Å². The second-order valence-electron chi connectivity index (χ2n) is 29.4. The Kier molecular flexibility index (Phi) is 34.8. The zero-order valence-corrected chi connectivity index (χ0v) is 73.8. The van der Waals surface area contributed by atoms with Crippen LogP contribution in [0.25, 0.3) is 0 Å². The van der Waals surface area contributed by atoms with Gasteiger partial charge in [0.25, 0.3) is 0 Å². The van der Waals surface area contributed by atoms with Crippen LogP contribution in [0.4, 0.5) is 0 Å². The van der Waals surface area contributed by atoms with Gasteiger partial charge < -0.3 is 102 Å². The predicted octanol–water partition coefficient (Wildman–Crippen LogP) is -10.2. The van der Waals surface area contributed by atoms with Gasteiger partial charge in [0.1, 0.15) is 73.2 Å². The lowest BCUT2D eigenvalue weighted by atomic mass is 9.44. The van der Waals surface area contributed by atoms with Crippen LogP contribution >= 0.6 is 0 Å². The third kappa shape index (κ3) is 32.1. The van der Waals surface area contributed by atoms with E-state index in [0.29, 0.717) is 25.7 Å². The first-order valence-corrected chi connectivity index (χ1v) is 52.4. The van der Waals surface area contributed by atoms with Crippen molar-refractivity contribution >= 4 is 141 Å². The van der Waals surface area contributed by atoms with Crippen molar-refractivity contribution in [1.29, 1.82) is 0 Å². The maximum absolute atomic E-state index is 13.0. The number of amides is 1. The molecule has 0 unspecified atom stereocenters. The smallest absolute Gasteiger partial charge is 0.220 e. The summed E-state index contributed by atoms with van der Waals surface area (Å²) in [5.74, 6) is 2.36. The molecule has 1 amide bonds. The number of rotatable bonds is 43. The minimum atomic E-state index is -7.14. The number of hydrogen-bond donors (Lipinski definition) is 1. The van der Waals surface area contributed by atoms with E-state index in [1.165, 1.54) is 0 Å². The molecular formula is C51H70NO61S13-13. The fourth-order valence-corrected chi connectivity index (χ4v) is 23.1. The number of ether oxygens (including phenoxy) is 8. The second-order valence-corrected chi connectivity index (χ2v) is 42.7. The van der Waals surface area contributed by atoms with Crippen molar-refractivity contribution in [2.75, 3.05) is 33.0 Å². The van der Waals surface area contributed by atoms with Gasteiger partial charge in [-0.1, -0.05) is 26.7 Å². The summed E-state index contributed by atoms with van der Waals surface area (Å²) in [7, 11) is -88.1. The Labute approximate surface area is 719 Å². The number of hydrogen-bond acceptors (Lipinski definition) is 61. The Morgan fingerprint density at radius 3 is 0.968 bits per heavy atom. The fourth-order valence-electron chi connectivity index (χ4n) is 17.5. The molecule has 62 nitrogen and oxygen atoms in total. The van der Waals surface area contributed by atoms with Gasteiger partial charge in [0.2, 0.25) is 141 Å². The first-order valence-electron chi connectivity index (χ1n) is 35.1. The van der Waals surface area contributed by atoms with Crippen LogP contribution < -0.4 is 5.32 Å². The summed E-state index contributed by atoms with van der Waals surface area (Å²) in [5, 5.41) is 2.64. The molecule has 8 rings (SSSR count). The highest BCUT2D eigenvalue weighted by Gasteiger charge is 2.65. The fraction of sp³-hybridized carbons (Fsp3) is 0.941. The zero-order chi connectivity index (χ0) is 95.2. The Morgan fingerprint density at radius 2 is 0.651 bits per heavy atom. The van der Waals surface area contributed by atoms with Gasteiger partial charge in [-0.15, -0.1) is 6.42 Å². The van der Waals surface area contributed by atoms with Crippen molar-refractivity contribution in [3.05, 3.63) is 0 Å². The topological polar surface area (TPSA) is 967 Å². The summed E-state index contributed by atoms with van der Waals surface area (Å²) < 4.78 is 585. The van der Waals surface area contributed by atoms with E-state index in [2.05, 4.69) is 79.5 Å². The van der Waals surface area contributed by atoms with Crippen molar-refractivity contribution in [3.8, 4) is 12.3 Å². The van der Waals surface area contributed by atoms with Crippen LogP contribution in [0.5, 0.6) is 0 Å².